The second-order valence-electron chi connectivity index (χ2n) is 7.09. The predicted octanol–water partition coefficient (Wildman–Crippen LogP) is 3.41. The van der Waals surface area contributed by atoms with Crippen molar-refractivity contribution in [1.82, 2.24) is 10.2 Å². The minimum atomic E-state index is -0.216. The molecule has 2 aromatic rings. The maximum atomic E-state index is 13.0. The molecular formula is C22H27FN2O2. The number of nitrogens with one attached hydrogen (secondary N) is 1. The van der Waals surface area contributed by atoms with Crippen LogP contribution in [0, 0.1) is 11.7 Å². The summed E-state index contributed by atoms with van der Waals surface area (Å²) in [6, 6.07) is 14.5. The number of hydrogen-bond donors (Lipinski definition) is 1. The average Bonchev–Trinajstić information content (AvgIpc) is 2.70. The standard InChI is InChI=1S/C22H27FN2O2/c1-27-21-10-6-17(7-11-21)12-13-24-22(26)19-3-2-14-25(16-19)15-18-4-8-20(23)9-5-18/h4-11,19H,2-3,12-16H2,1H3,(H,24,26). The van der Waals surface area contributed by atoms with Gasteiger partial charge in [-0.1, -0.05) is 24.3 Å². The molecule has 3 rings (SSSR count). The van der Waals surface area contributed by atoms with Gasteiger partial charge in [-0.25, -0.2) is 4.39 Å². The lowest BCUT2D eigenvalue weighted by atomic mass is 9.96. The summed E-state index contributed by atoms with van der Waals surface area (Å²) >= 11 is 0. The number of piperidine rings is 1. The van der Waals surface area contributed by atoms with E-state index >= 15 is 0 Å². The van der Waals surface area contributed by atoms with Gasteiger partial charge in [0.15, 0.2) is 0 Å². The van der Waals surface area contributed by atoms with E-state index < -0.39 is 0 Å². The van der Waals surface area contributed by atoms with Crippen LogP contribution in [0.25, 0.3) is 0 Å². The molecule has 0 saturated carbocycles. The van der Waals surface area contributed by atoms with Crippen LogP contribution in [0.1, 0.15) is 24.0 Å². The molecule has 5 heteroatoms. The highest BCUT2D eigenvalue weighted by molar-refractivity contribution is 5.79. The molecule has 0 aliphatic carbocycles. The van der Waals surface area contributed by atoms with E-state index in [1.54, 1.807) is 7.11 Å². The predicted molar refractivity (Wildman–Crippen MR) is 104 cm³/mol. The van der Waals surface area contributed by atoms with Crippen LogP contribution in [0.15, 0.2) is 48.5 Å². The van der Waals surface area contributed by atoms with E-state index in [1.807, 2.05) is 36.4 Å². The number of rotatable bonds is 7. The summed E-state index contributed by atoms with van der Waals surface area (Å²) in [5.41, 5.74) is 2.26. The molecule has 1 fully saturated rings. The SMILES string of the molecule is COc1ccc(CCNC(=O)C2CCCN(Cc3ccc(F)cc3)C2)cc1. The summed E-state index contributed by atoms with van der Waals surface area (Å²) in [5, 5.41) is 3.07. The van der Waals surface area contributed by atoms with E-state index in [0.29, 0.717) is 6.54 Å². The fourth-order valence-corrected chi connectivity index (χ4v) is 3.53. The van der Waals surface area contributed by atoms with Crippen LogP contribution < -0.4 is 10.1 Å². The van der Waals surface area contributed by atoms with Gasteiger partial charge in [-0.15, -0.1) is 0 Å². The Labute approximate surface area is 160 Å². The van der Waals surface area contributed by atoms with Crippen molar-refractivity contribution in [3.63, 3.8) is 0 Å². The second-order valence-corrected chi connectivity index (χ2v) is 7.09. The minimum Gasteiger partial charge on any atom is -0.497 e. The first kappa shape index (κ1) is 19.4. The number of carbonyl (C=O) groups is 1. The molecule has 1 amide bonds. The Morgan fingerprint density at radius 1 is 1.15 bits per heavy atom. The third kappa shape index (κ3) is 5.79. The Morgan fingerprint density at radius 2 is 1.85 bits per heavy atom. The summed E-state index contributed by atoms with van der Waals surface area (Å²) in [4.78, 5) is 14.8. The van der Waals surface area contributed by atoms with Crippen LogP contribution in [-0.4, -0.2) is 37.6 Å². The summed E-state index contributed by atoms with van der Waals surface area (Å²) < 4.78 is 18.2. The van der Waals surface area contributed by atoms with Crippen LogP contribution in [0.3, 0.4) is 0 Å². The number of hydrogen-bond acceptors (Lipinski definition) is 3. The van der Waals surface area contributed by atoms with Gasteiger partial charge in [-0.2, -0.15) is 0 Å². The average molecular weight is 370 g/mol. The van der Waals surface area contributed by atoms with Gasteiger partial charge in [0, 0.05) is 19.6 Å². The molecule has 1 aliphatic rings. The Kier molecular flexibility index (Phi) is 6.82. The number of benzene rings is 2. The Morgan fingerprint density at radius 3 is 2.56 bits per heavy atom. The van der Waals surface area contributed by atoms with Gasteiger partial charge >= 0.3 is 0 Å². The second kappa shape index (κ2) is 9.51. The van der Waals surface area contributed by atoms with E-state index in [2.05, 4.69) is 10.2 Å². The zero-order chi connectivity index (χ0) is 19.1. The molecule has 0 radical (unpaired) electrons. The zero-order valence-corrected chi connectivity index (χ0v) is 15.8. The van der Waals surface area contributed by atoms with Gasteiger partial charge < -0.3 is 10.1 Å². The van der Waals surface area contributed by atoms with Crippen LogP contribution in [0.5, 0.6) is 5.75 Å². The van der Waals surface area contributed by atoms with Gasteiger partial charge in [0.05, 0.1) is 13.0 Å². The van der Waals surface area contributed by atoms with Crippen molar-refractivity contribution in [2.75, 3.05) is 26.7 Å². The van der Waals surface area contributed by atoms with Crippen molar-refractivity contribution in [2.24, 2.45) is 5.92 Å². The lowest BCUT2D eigenvalue weighted by molar-refractivity contribution is -0.126. The van der Waals surface area contributed by atoms with Crippen molar-refractivity contribution in [3.8, 4) is 5.75 Å². The molecule has 1 saturated heterocycles. The quantitative estimate of drug-likeness (QED) is 0.812. The van der Waals surface area contributed by atoms with Gasteiger partial charge in [-0.3, -0.25) is 9.69 Å². The Bertz CT molecular complexity index is 731. The van der Waals surface area contributed by atoms with E-state index in [4.69, 9.17) is 4.74 Å². The smallest absolute Gasteiger partial charge is 0.224 e. The van der Waals surface area contributed by atoms with Gasteiger partial charge in [0.25, 0.3) is 0 Å². The summed E-state index contributed by atoms with van der Waals surface area (Å²) in [6.07, 6.45) is 2.74. The summed E-state index contributed by atoms with van der Waals surface area (Å²) in [6.45, 7) is 3.13. The van der Waals surface area contributed by atoms with Gasteiger partial charge in [-0.05, 0) is 61.2 Å². The molecule has 2 aromatic carbocycles. The number of nitrogens with zero attached hydrogens (tertiary/aromatic N) is 1. The van der Waals surface area contributed by atoms with E-state index in [-0.39, 0.29) is 17.6 Å². The van der Waals surface area contributed by atoms with Crippen molar-refractivity contribution in [1.29, 1.82) is 0 Å². The number of carbonyl (C=O) groups excluding carboxylic acids is 1. The maximum absolute atomic E-state index is 13.0. The number of halogens is 1. The summed E-state index contributed by atoms with van der Waals surface area (Å²) in [7, 11) is 1.65. The van der Waals surface area contributed by atoms with E-state index in [0.717, 1.165) is 50.2 Å². The normalized spacial score (nSPS) is 17.5. The fourth-order valence-electron chi connectivity index (χ4n) is 3.53. The lowest BCUT2D eigenvalue weighted by Crippen LogP contribution is -2.43. The van der Waals surface area contributed by atoms with Crippen molar-refractivity contribution >= 4 is 5.91 Å². The first-order chi connectivity index (χ1) is 13.1. The van der Waals surface area contributed by atoms with Crippen LogP contribution in [0.4, 0.5) is 4.39 Å². The maximum Gasteiger partial charge on any atom is 0.224 e. The highest BCUT2D eigenvalue weighted by Crippen LogP contribution is 2.19. The van der Waals surface area contributed by atoms with E-state index in [1.165, 1.54) is 17.7 Å². The molecule has 0 spiro atoms. The minimum absolute atomic E-state index is 0.0232. The molecular weight excluding hydrogens is 343 g/mol. The highest BCUT2D eigenvalue weighted by Gasteiger charge is 2.25. The zero-order valence-electron chi connectivity index (χ0n) is 15.8. The molecule has 1 aliphatic heterocycles. The number of ether oxygens (including phenoxy) is 1. The molecule has 0 aromatic heterocycles. The van der Waals surface area contributed by atoms with Gasteiger partial charge in [0.1, 0.15) is 11.6 Å². The fraction of sp³-hybridized carbons (Fsp3) is 0.409. The van der Waals surface area contributed by atoms with Crippen molar-refractivity contribution < 1.29 is 13.9 Å². The number of likely N-dealkylation sites (tertiary alicyclic amines) is 1. The third-order valence-corrected chi connectivity index (χ3v) is 5.07. The first-order valence-corrected chi connectivity index (χ1v) is 9.51. The number of amides is 1. The molecule has 1 atom stereocenters. The van der Waals surface area contributed by atoms with E-state index in [9.17, 15) is 9.18 Å². The monoisotopic (exact) mass is 370 g/mol. The third-order valence-electron chi connectivity index (χ3n) is 5.07. The Balaban J connectivity index is 1.44. The van der Waals surface area contributed by atoms with Crippen molar-refractivity contribution in [3.05, 3.63) is 65.5 Å². The van der Waals surface area contributed by atoms with Crippen LogP contribution in [-0.2, 0) is 17.8 Å². The topological polar surface area (TPSA) is 41.6 Å². The van der Waals surface area contributed by atoms with Crippen LogP contribution >= 0.6 is 0 Å². The molecule has 1 heterocycles. The molecule has 1 N–H and O–H groups in total. The Hall–Kier alpha value is -2.40. The molecule has 0 bridgehead atoms. The summed E-state index contributed by atoms with van der Waals surface area (Å²) in [5.74, 6) is 0.778. The van der Waals surface area contributed by atoms with Crippen molar-refractivity contribution in [2.45, 2.75) is 25.8 Å². The highest BCUT2D eigenvalue weighted by atomic mass is 19.1. The molecule has 4 nitrogen and oxygen atoms in total. The molecule has 1 unspecified atom stereocenters. The molecule has 144 valence electrons. The largest absolute Gasteiger partial charge is 0.497 e. The van der Waals surface area contributed by atoms with Gasteiger partial charge in [0.2, 0.25) is 5.91 Å². The number of methoxy groups -OCH3 is 1. The van der Waals surface area contributed by atoms with Crippen LogP contribution in [0.2, 0.25) is 0 Å². The molecule has 27 heavy (non-hydrogen) atoms. The lowest BCUT2D eigenvalue weighted by Gasteiger charge is -2.32. The first-order valence-electron chi connectivity index (χ1n) is 9.51.